The Morgan fingerprint density at radius 2 is 1.68 bits per heavy atom. The largest absolute Gasteiger partial charge is 0.352 e. The van der Waals surface area contributed by atoms with Crippen LogP contribution in [0.2, 0.25) is 0 Å². The van der Waals surface area contributed by atoms with Gasteiger partial charge in [0.25, 0.3) is 0 Å². The SMILES string of the molecule is CCC(C(=O)NC1CCCC1)N(Cc1ccccc1)C(=O)CN(c1ccc(F)cc1)S(C)(=O)=O. The van der Waals surface area contributed by atoms with Gasteiger partial charge in [0, 0.05) is 12.6 Å². The predicted molar refractivity (Wildman–Crippen MR) is 130 cm³/mol. The average molecular weight is 490 g/mol. The van der Waals surface area contributed by atoms with E-state index in [4.69, 9.17) is 0 Å². The number of hydrogen-bond donors (Lipinski definition) is 1. The molecule has 1 saturated carbocycles. The molecule has 0 bridgehead atoms. The molecule has 1 aliphatic carbocycles. The van der Waals surface area contributed by atoms with Gasteiger partial charge in [-0.25, -0.2) is 12.8 Å². The Hall–Kier alpha value is -2.94. The first-order chi connectivity index (χ1) is 16.2. The molecule has 2 amide bonds. The summed E-state index contributed by atoms with van der Waals surface area (Å²) in [7, 11) is -3.84. The highest BCUT2D eigenvalue weighted by Gasteiger charge is 2.32. The maximum absolute atomic E-state index is 13.6. The van der Waals surface area contributed by atoms with Crippen molar-refractivity contribution in [3.63, 3.8) is 0 Å². The van der Waals surface area contributed by atoms with Crippen LogP contribution < -0.4 is 9.62 Å². The second-order valence-electron chi connectivity index (χ2n) is 8.67. The normalized spacial score (nSPS) is 15.0. The van der Waals surface area contributed by atoms with Crippen LogP contribution in [-0.4, -0.2) is 50.0 Å². The van der Waals surface area contributed by atoms with Crippen LogP contribution in [0.15, 0.2) is 54.6 Å². The Bertz CT molecular complexity index is 1070. The zero-order chi connectivity index (χ0) is 24.7. The molecular formula is C25H32FN3O4S. The van der Waals surface area contributed by atoms with Gasteiger partial charge in [-0.2, -0.15) is 0 Å². The fraction of sp³-hybridized carbons (Fsp3) is 0.440. The van der Waals surface area contributed by atoms with Crippen molar-refractivity contribution < 1.29 is 22.4 Å². The lowest BCUT2D eigenvalue weighted by Gasteiger charge is -2.33. The van der Waals surface area contributed by atoms with Crippen molar-refractivity contribution in [2.45, 2.75) is 57.7 Å². The maximum atomic E-state index is 13.6. The van der Waals surface area contributed by atoms with E-state index in [1.54, 1.807) is 0 Å². The molecule has 1 atom stereocenters. The topological polar surface area (TPSA) is 86.8 Å². The van der Waals surface area contributed by atoms with E-state index in [2.05, 4.69) is 5.32 Å². The van der Waals surface area contributed by atoms with Crippen LogP contribution in [0.1, 0.15) is 44.6 Å². The number of benzene rings is 2. The van der Waals surface area contributed by atoms with Gasteiger partial charge in [0.05, 0.1) is 11.9 Å². The highest BCUT2D eigenvalue weighted by Crippen LogP contribution is 2.21. The van der Waals surface area contributed by atoms with Crippen molar-refractivity contribution in [3.8, 4) is 0 Å². The number of nitrogens with zero attached hydrogens (tertiary/aromatic N) is 2. The minimum atomic E-state index is -3.84. The van der Waals surface area contributed by atoms with Gasteiger partial charge in [-0.1, -0.05) is 50.1 Å². The summed E-state index contributed by atoms with van der Waals surface area (Å²) in [6.45, 7) is 1.50. The summed E-state index contributed by atoms with van der Waals surface area (Å²) in [6, 6.07) is 13.5. The Morgan fingerprint density at radius 3 is 2.24 bits per heavy atom. The molecule has 184 valence electrons. The highest BCUT2D eigenvalue weighted by molar-refractivity contribution is 7.92. The Kier molecular flexibility index (Phi) is 8.66. The van der Waals surface area contributed by atoms with E-state index in [9.17, 15) is 22.4 Å². The monoisotopic (exact) mass is 489 g/mol. The molecule has 2 aromatic carbocycles. The van der Waals surface area contributed by atoms with Crippen LogP contribution in [0.4, 0.5) is 10.1 Å². The third-order valence-electron chi connectivity index (χ3n) is 6.08. The third kappa shape index (κ3) is 6.79. The van der Waals surface area contributed by atoms with Crippen LogP contribution in [0, 0.1) is 5.82 Å². The lowest BCUT2D eigenvalue weighted by Crippen LogP contribution is -2.53. The minimum Gasteiger partial charge on any atom is -0.352 e. The second-order valence-corrected chi connectivity index (χ2v) is 10.6. The van der Waals surface area contributed by atoms with Gasteiger partial charge in [-0.15, -0.1) is 0 Å². The van der Waals surface area contributed by atoms with E-state index in [0.717, 1.165) is 53.9 Å². The molecule has 0 aromatic heterocycles. The molecule has 0 heterocycles. The third-order valence-corrected chi connectivity index (χ3v) is 7.22. The van der Waals surface area contributed by atoms with Gasteiger partial charge in [0.2, 0.25) is 21.8 Å². The van der Waals surface area contributed by atoms with Gasteiger partial charge in [-0.05, 0) is 49.1 Å². The number of rotatable bonds is 10. The van der Waals surface area contributed by atoms with Crippen molar-refractivity contribution in [2.24, 2.45) is 0 Å². The Labute approximate surface area is 201 Å². The molecule has 2 aromatic rings. The zero-order valence-electron chi connectivity index (χ0n) is 19.6. The Morgan fingerprint density at radius 1 is 1.06 bits per heavy atom. The first-order valence-electron chi connectivity index (χ1n) is 11.6. The molecule has 34 heavy (non-hydrogen) atoms. The van der Waals surface area contributed by atoms with Crippen LogP contribution in [-0.2, 0) is 26.2 Å². The van der Waals surface area contributed by atoms with Crippen molar-refractivity contribution in [1.82, 2.24) is 10.2 Å². The number of hydrogen-bond acceptors (Lipinski definition) is 4. The smallest absolute Gasteiger partial charge is 0.244 e. The standard InChI is InChI=1S/C25H32FN3O4S/c1-3-23(25(31)27-21-11-7-8-12-21)28(17-19-9-5-4-6-10-19)24(30)18-29(34(2,32)33)22-15-13-20(26)14-16-22/h4-6,9-10,13-16,21,23H,3,7-8,11-12,17-18H2,1-2H3,(H,27,31). The number of carbonyl (C=O) groups excluding carboxylic acids is 2. The van der Waals surface area contributed by atoms with Gasteiger partial charge in [0.1, 0.15) is 18.4 Å². The van der Waals surface area contributed by atoms with Crippen LogP contribution in [0.3, 0.4) is 0 Å². The second kappa shape index (κ2) is 11.5. The van der Waals surface area contributed by atoms with Crippen LogP contribution in [0.25, 0.3) is 0 Å². The molecule has 0 aliphatic heterocycles. The number of halogens is 1. The van der Waals surface area contributed by atoms with Crippen molar-refractivity contribution in [1.29, 1.82) is 0 Å². The molecule has 1 aliphatic rings. The van der Waals surface area contributed by atoms with Crippen LogP contribution in [0.5, 0.6) is 0 Å². The first-order valence-corrected chi connectivity index (χ1v) is 13.4. The molecule has 1 N–H and O–H groups in total. The number of amides is 2. The molecule has 0 radical (unpaired) electrons. The van der Waals surface area contributed by atoms with E-state index < -0.39 is 34.3 Å². The molecule has 1 unspecified atom stereocenters. The summed E-state index contributed by atoms with van der Waals surface area (Å²) in [6.07, 6.45) is 5.34. The lowest BCUT2D eigenvalue weighted by atomic mass is 10.1. The minimum absolute atomic E-state index is 0.0990. The van der Waals surface area contributed by atoms with Crippen molar-refractivity contribution in [2.75, 3.05) is 17.1 Å². The first kappa shape index (κ1) is 25.7. The van der Waals surface area contributed by atoms with E-state index >= 15 is 0 Å². The van der Waals surface area contributed by atoms with Crippen molar-refractivity contribution >= 4 is 27.5 Å². The summed E-state index contributed by atoms with van der Waals surface area (Å²) in [4.78, 5) is 28.2. The molecule has 0 saturated heterocycles. The van der Waals surface area contributed by atoms with Gasteiger partial charge in [0.15, 0.2) is 0 Å². The summed E-state index contributed by atoms with van der Waals surface area (Å²) in [5, 5.41) is 3.07. The zero-order valence-corrected chi connectivity index (χ0v) is 20.4. The van der Waals surface area contributed by atoms with Gasteiger partial charge >= 0.3 is 0 Å². The van der Waals surface area contributed by atoms with E-state index in [1.807, 2.05) is 37.3 Å². The highest BCUT2D eigenvalue weighted by atomic mass is 32.2. The molecule has 0 spiro atoms. The number of sulfonamides is 1. The molecule has 3 rings (SSSR count). The quantitative estimate of drug-likeness (QED) is 0.554. The summed E-state index contributed by atoms with van der Waals surface area (Å²) < 4.78 is 39.4. The molecular weight excluding hydrogens is 457 g/mol. The van der Waals surface area contributed by atoms with Crippen molar-refractivity contribution in [3.05, 3.63) is 66.0 Å². The molecule has 9 heteroatoms. The van der Waals surface area contributed by atoms with E-state index in [0.29, 0.717) is 6.42 Å². The fourth-order valence-corrected chi connectivity index (χ4v) is 5.14. The van der Waals surface area contributed by atoms with E-state index in [1.165, 1.54) is 17.0 Å². The van der Waals surface area contributed by atoms with Crippen LogP contribution >= 0.6 is 0 Å². The number of carbonyl (C=O) groups is 2. The van der Waals surface area contributed by atoms with E-state index in [-0.39, 0.29) is 24.2 Å². The fourth-order valence-electron chi connectivity index (χ4n) is 4.29. The molecule has 7 nitrogen and oxygen atoms in total. The lowest BCUT2D eigenvalue weighted by molar-refractivity contribution is -0.140. The summed E-state index contributed by atoms with van der Waals surface area (Å²) >= 11 is 0. The summed E-state index contributed by atoms with van der Waals surface area (Å²) in [5.74, 6) is -1.25. The predicted octanol–water partition coefficient (Wildman–Crippen LogP) is 3.46. The number of nitrogens with one attached hydrogen (secondary N) is 1. The summed E-state index contributed by atoms with van der Waals surface area (Å²) in [5.41, 5.74) is 1.01. The van der Waals surface area contributed by atoms with Gasteiger partial charge in [-0.3, -0.25) is 13.9 Å². The van der Waals surface area contributed by atoms with Gasteiger partial charge < -0.3 is 10.2 Å². The molecule has 1 fully saturated rings. The Balaban J connectivity index is 1.89. The maximum Gasteiger partial charge on any atom is 0.244 e. The number of anilines is 1. The average Bonchev–Trinajstić information content (AvgIpc) is 3.31.